The number of halogens is 3. The molecule has 0 aliphatic carbocycles. The second kappa shape index (κ2) is 4.28. The van der Waals surface area contributed by atoms with Gasteiger partial charge in [-0.15, -0.1) is 0 Å². The van der Waals surface area contributed by atoms with Gasteiger partial charge in [-0.05, 0) is 0 Å². The summed E-state index contributed by atoms with van der Waals surface area (Å²) in [6.07, 6.45) is 3.93. The average molecular weight is 241 g/mol. The first-order valence-corrected chi connectivity index (χ1v) is 4.52. The molecule has 1 aromatic heterocycles. The smallest absolute Gasteiger partial charge is 0.307 e. The van der Waals surface area contributed by atoms with Gasteiger partial charge in [0.25, 0.3) is 0 Å². The van der Waals surface area contributed by atoms with Crippen LogP contribution in [-0.4, -0.2) is 15.6 Å². The summed E-state index contributed by atoms with van der Waals surface area (Å²) in [7, 11) is 0. The Balaban J connectivity index is 2.22. The fourth-order valence-corrected chi connectivity index (χ4v) is 1.19. The van der Waals surface area contributed by atoms with E-state index in [1.807, 2.05) is 0 Å². The Morgan fingerprint density at radius 3 is 2.41 bits per heavy atom. The van der Waals surface area contributed by atoms with Crippen LogP contribution in [0.3, 0.4) is 0 Å². The maximum Gasteiger partial charge on any atom is 0.331 e. The summed E-state index contributed by atoms with van der Waals surface area (Å²) in [5.41, 5.74) is -0.180. The quantitative estimate of drug-likeness (QED) is 0.779. The van der Waals surface area contributed by atoms with Crippen LogP contribution >= 0.6 is 0 Å². The van der Waals surface area contributed by atoms with E-state index in [1.54, 1.807) is 0 Å². The van der Waals surface area contributed by atoms with Crippen LogP contribution in [0.2, 0.25) is 0 Å². The van der Waals surface area contributed by atoms with E-state index in [1.165, 1.54) is 18.7 Å². The van der Waals surface area contributed by atoms with Gasteiger partial charge >= 0.3 is 6.03 Å². The van der Waals surface area contributed by atoms with Crippen LogP contribution in [0, 0.1) is 17.5 Å². The average Bonchev–Trinajstić information content (AvgIpc) is 2.79. The van der Waals surface area contributed by atoms with Gasteiger partial charge in [0.2, 0.25) is 0 Å². The Morgan fingerprint density at radius 1 is 1.24 bits per heavy atom. The van der Waals surface area contributed by atoms with Crippen molar-refractivity contribution in [2.45, 2.75) is 0 Å². The Labute approximate surface area is 93.7 Å². The van der Waals surface area contributed by atoms with E-state index < -0.39 is 23.5 Å². The van der Waals surface area contributed by atoms with Crippen LogP contribution in [0.1, 0.15) is 0 Å². The van der Waals surface area contributed by atoms with Gasteiger partial charge in [0, 0.05) is 30.2 Å². The molecule has 88 valence electrons. The van der Waals surface area contributed by atoms with Crippen molar-refractivity contribution in [1.82, 2.24) is 9.55 Å². The summed E-state index contributed by atoms with van der Waals surface area (Å²) >= 11 is 0. The number of benzene rings is 1. The van der Waals surface area contributed by atoms with Gasteiger partial charge in [-0.25, -0.2) is 22.9 Å². The molecule has 0 unspecified atom stereocenters. The predicted octanol–water partition coefficient (Wildman–Crippen LogP) is 2.38. The number of hydrogen-bond donors (Lipinski definition) is 1. The predicted molar refractivity (Wildman–Crippen MR) is 53.0 cm³/mol. The molecule has 1 amide bonds. The van der Waals surface area contributed by atoms with E-state index in [2.05, 4.69) is 10.3 Å². The molecule has 17 heavy (non-hydrogen) atoms. The summed E-state index contributed by atoms with van der Waals surface area (Å²) in [6, 6.07) is 0.716. The van der Waals surface area contributed by atoms with Crippen LogP contribution in [0.4, 0.5) is 23.7 Å². The first-order chi connectivity index (χ1) is 8.08. The van der Waals surface area contributed by atoms with E-state index in [4.69, 9.17) is 0 Å². The van der Waals surface area contributed by atoms with Crippen molar-refractivity contribution in [3.8, 4) is 0 Å². The fraction of sp³-hybridized carbons (Fsp3) is 0. The van der Waals surface area contributed by atoms with Crippen molar-refractivity contribution < 1.29 is 18.0 Å². The number of nitrogens with zero attached hydrogens (tertiary/aromatic N) is 2. The zero-order valence-corrected chi connectivity index (χ0v) is 8.32. The molecule has 4 nitrogen and oxygen atoms in total. The number of anilines is 1. The number of amides is 1. The molecule has 0 aliphatic rings. The lowest BCUT2D eigenvalue weighted by atomic mass is 10.3. The van der Waals surface area contributed by atoms with Gasteiger partial charge in [0.1, 0.15) is 6.33 Å². The zero-order valence-electron chi connectivity index (χ0n) is 8.32. The van der Waals surface area contributed by atoms with Crippen molar-refractivity contribution in [2.75, 3.05) is 5.32 Å². The summed E-state index contributed by atoms with van der Waals surface area (Å²) in [4.78, 5) is 15.1. The summed E-state index contributed by atoms with van der Waals surface area (Å²) in [6.45, 7) is 0. The number of hydrogen-bond acceptors (Lipinski definition) is 2. The van der Waals surface area contributed by atoms with Gasteiger partial charge in [-0.2, -0.15) is 0 Å². The Kier molecular flexibility index (Phi) is 2.82. The Morgan fingerprint density at radius 2 is 1.88 bits per heavy atom. The first-order valence-electron chi connectivity index (χ1n) is 4.52. The third-order valence-corrected chi connectivity index (χ3v) is 1.97. The van der Waals surface area contributed by atoms with Crippen molar-refractivity contribution in [3.05, 3.63) is 48.3 Å². The standard InChI is InChI=1S/C10H6F3N3O/c11-7-3-6(4-8(12)9(7)13)15-10(17)16-2-1-14-5-16/h1-5H,(H,15,17). The summed E-state index contributed by atoms with van der Waals surface area (Å²) in [5, 5.41) is 2.19. The molecule has 2 aromatic rings. The molecule has 0 spiro atoms. The maximum absolute atomic E-state index is 12.8. The zero-order chi connectivity index (χ0) is 12.4. The van der Waals surface area contributed by atoms with Crippen molar-refractivity contribution in [3.63, 3.8) is 0 Å². The lowest BCUT2D eigenvalue weighted by Crippen LogP contribution is -2.18. The minimum absolute atomic E-state index is 0.180. The van der Waals surface area contributed by atoms with Crippen LogP contribution in [0.5, 0.6) is 0 Å². The topological polar surface area (TPSA) is 46.9 Å². The molecule has 0 atom stereocenters. The van der Waals surface area contributed by atoms with Crippen molar-refractivity contribution in [1.29, 1.82) is 0 Å². The molecule has 0 fully saturated rings. The number of carbonyl (C=O) groups is 1. The molecule has 1 N–H and O–H groups in total. The highest BCUT2D eigenvalue weighted by Gasteiger charge is 2.12. The van der Waals surface area contributed by atoms with Crippen LogP contribution in [-0.2, 0) is 0 Å². The molecule has 0 saturated carbocycles. The Hall–Kier alpha value is -2.31. The SMILES string of the molecule is O=C(Nc1cc(F)c(F)c(F)c1)n1ccnc1. The highest BCUT2D eigenvalue weighted by Crippen LogP contribution is 2.17. The van der Waals surface area contributed by atoms with Crippen molar-refractivity contribution >= 4 is 11.7 Å². The minimum Gasteiger partial charge on any atom is -0.307 e. The maximum atomic E-state index is 12.8. The summed E-state index contributed by atoms with van der Waals surface area (Å²) in [5.74, 6) is -4.32. The number of aromatic nitrogens is 2. The number of imidazole rings is 1. The molecular formula is C10H6F3N3O. The molecule has 0 bridgehead atoms. The van der Waals surface area contributed by atoms with Crippen molar-refractivity contribution in [2.24, 2.45) is 0 Å². The van der Waals surface area contributed by atoms with E-state index in [0.717, 1.165) is 4.57 Å². The third kappa shape index (κ3) is 2.27. The molecule has 1 heterocycles. The molecule has 1 aromatic carbocycles. The Bertz CT molecular complexity index is 531. The van der Waals surface area contributed by atoms with Crippen LogP contribution in [0.15, 0.2) is 30.9 Å². The number of carbonyl (C=O) groups excluding carboxylic acids is 1. The lowest BCUT2D eigenvalue weighted by molar-refractivity contribution is 0.253. The van der Waals surface area contributed by atoms with E-state index in [-0.39, 0.29) is 5.69 Å². The van der Waals surface area contributed by atoms with Crippen LogP contribution < -0.4 is 5.32 Å². The van der Waals surface area contributed by atoms with Gasteiger partial charge in [-0.1, -0.05) is 0 Å². The molecule has 7 heteroatoms. The number of rotatable bonds is 1. The van der Waals surface area contributed by atoms with Gasteiger partial charge in [0.15, 0.2) is 17.5 Å². The first kappa shape index (κ1) is 11.2. The lowest BCUT2D eigenvalue weighted by Gasteiger charge is -2.06. The molecule has 0 aliphatic heterocycles. The van der Waals surface area contributed by atoms with E-state index in [0.29, 0.717) is 12.1 Å². The fourth-order valence-electron chi connectivity index (χ4n) is 1.19. The van der Waals surface area contributed by atoms with Gasteiger partial charge in [-0.3, -0.25) is 4.57 Å². The van der Waals surface area contributed by atoms with Crippen LogP contribution in [0.25, 0.3) is 0 Å². The third-order valence-electron chi connectivity index (χ3n) is 1.97. The monoisotopic (exact) mass is 241 g/mol. The van der Waals surface area contributed by atoms with Gasteiger partial charge in [0.05, 0.1) is 0 Å². The molecular weight excluding hydrogens is 235 g/mol. The highest BCUT2D eigenvalue weighted by atomic mass is 19.2. The van der Waals surface area contributed by atoms with E-state index >= 15 is 0 Å². The second-order valence-electron chi connectivity index (χ2n) is 3.15. The minimum atomic E-state index is -1.58. The summed E-state index contributed by atoms with van der Waals surface area (Å²) < 4.78 is 39.4. The second-order valence-corrected chi connectivity index (χ2v) is 3.15. The molecule has 0 radical (unpaired) electrons. The molecule has 2 rings (SSSR count). The van der Waals surface area contributed by atoms with Gasteiger partial charge < -0.3 is 5.32 Å². The van der Waals surface area contributed by atoms with E-state index in [9.17, 15) is 18.0 Å². The highest BCUT2D eigenvalue weighted by molar-refractivity contribution is 5.90. The normalized spacial score (nSPS) is 10.3. The largest absolute Gasteiger partial charge is 0.331 e. The number of nitrogens with one attached hydrogen (secondary N) is 1. The molecule has 0 saturated heterocycles.